The number of aromatic amines is 1. The zero-order chi connectivity index (χ0) is 16.9. The quantitative estimate of drug-likeness (QED) is 0.733. The number of aliphatic hydroxyl groups is 1. The average Bonchev–Trinajstić information content (AvgIpc) is 2.90. The second-order valence-corrected chi connectivity index (χ2v) is 6.32. The van der Waals surface area contributed by atoms with Gasteiger partial charge in [0.15, 0.2) is 0 Å². The van der Waals surface area contributed by atoms with Crippen molar-refractivity contribution in [2.24, 2.45) is 0 Å². The van der Waals surface area contributed by atoms with Gasteiger partial charge in [-0.1, -0.05) is 18.2 Å². The molecule has 1 aromatic heterocycles. The number of carbonyl (C=O) groups is 1. The smallest absolute Gasteiger partial charge is 0.224 e. The minimum Gasteiger partial charge on any atom is -0.390 e. The number of H-pyrrole nitrogens is 1. The Bertz CT molecular complexity index is 692. The Morgan fingerprint density at radius 1 is 1.38 bits per heavy atom. The minimum absolute atomic E-state index is 0.0659. The van der Waals surface area contributed by atoms with Crippen molar-refractivity contribution in [3.8, 4) is 0 Å². The number of nitrogens with zero attached hydrogens (tertiary/aromatic N) is 1. The van der Waals surface area contributed by atoms with E-state index in [1.54, 1.807) is 0 Å². The first-order valence-corrected chi connectivity index (χ1v) is 8.44. The predicted molar refractivity (Wildman–Crippen MR) is 93.0 cm³/mol. The van der Waals surface area contributed by atoms with Gasteiger partial charge < -0.3 is 20.1 Å². The van der Waals surface area contributed by atoms with Crippen molar-refractivity contribution < 1.29 is 14.6 Å². The van der Waals surface area contributed by atoms with Gasteiger partial charge in [0, 0.05) is 42.8 Å². The molecule has 1 atom stereocenters. The SMILES string of the molecule is Cc1[nH]c2ccccc2c1CC(=O)NCC(O)CN1CCOCC1. The third-order valence-electron chi connectivity index (χ3n) is 4.47. The highest BCUT2D eigenvalue weighted by molar-refractivity contribution is 5.90. The first kappa shape index (κ1) is 17.0. The highest BCUT2D eigenvalue weighted by Crippen LogP contribution is 2.22. The number of hydrogen-bond donors (Lipinski definition) is 3. The number of rotatable bonds is 6. The van der Waals surface area contributed by atoms with Gasteiger partial charge >= 0.3 is 0 Å². The maximum Gasteiger partial charge on any atom is 0.224 e. The standard InChI is InChI=1S/C18H25N3O3/c1-13-16(15-4-2-3-5-17(15)20-13)10-18(23)19-11-14(22)12-21-6-8-24-9-7-21/h2-5,14,20,22H,6-12H2,1H3,(H,19,23). The number of aryl methyl sites for hydroxylation is 1. The molecule has 2 heterocycles. The van der Waals surface area contributed by atoms with Gasteiger partial charge in [0.25, 0.3) is 0 Å². The number of nitrogens with one attached hydrogen (secondary N) is 2. The summed E-state index contributed by atoms with van der Waals surface area (Å²) in [6.07, 6.45) is -0.240. The van der Waals surface area contributed by atoms with Crippen molar-refractivity contribution in [1.29, 1.82) is 0 Å². The van der Waals surface area contributed by atoms with Gasteiger partial charge in [0.2, 0.25) is 5.91 Å². The molecule has 0 bridgehead atoms. The molecular weight excluding hydrogens is 306 g/mol. The second-order valence-electron chi connectivity index (χ2n) is 6.32. The molecule has 1 aliphatic rings. The second kappa shape index (κ2) is 7.79. The maximum atomic E-state index is 12.2. The lowest BCUT2D eigenvalue weighted by Crippen LogP contribution is -2.44. The lowest BCUT2D eigenvalue weighted by atomic mass is 10.1. The third-order valence-corrected chi connectivity index (χ3v) is 4.47. The number of fused-ring (bicyclic) bond motifs is 1. The van der Waals surface area contributed by atoms with E-state index in [0.717, 1.165) is 35.2 Å². The van der Waals surface area contributed by atoms with Crippen molar-refractivity contribution >= 4 is 16.8 Å². The molecule has 1 unspecified atom stereocenters. The molecule has 1 aromatic carbocycles. The molecule has 1 fully saturated rings. The summed E-state index contributed by atoms with van der Waals surface area (Å²) in [5.41, 5.74) is 3.08. The Morgan fingerprint density at radius 3 is 2.92 bits per heavy atom. The highest BCUT2D eigenvalue weighted by atomic mass is 16.5. The maximum absolute atomic E-state index is 12.2. The Balaban J connectivity index is 1.50. The molecular formula is C18H25N3O3. The summed E-state index contributed by atoms with van der Waals surface area (Å²) >= 11 is 0. The molecule has 6 heteroatoms. The van der Waals surface area contributed by atoms with E-state index in [0.29, 0.717) is 26.2 Å². The van der Waals surface area contributed by atoms with Gasteiger partial charge in [-0.2, -0.15) is 0 Å². The molecule has 1 aliphatic heterocycles. The number of amides is 1. The van der Waals surface area contributed by atoms with Crippen LogP contribution in [0.2, 0.25) is 0 Å². The Kier molecular flexibility index (Phi) is 5.50. The first-order valence-electron chi connectivity index (χ1n) is 8.44. The number of benzene rings is 1. The fourth-order valence-electron chi connectivity index (χ4n) is 3.16. The van der Waals surface area contributed by atoms with Crippen LogP contribution in [0.1, 0.15) is 11.3 Å². The summed E-state index contributed by atoms with van der Waals surface area (Å²) in [4.78, 5) is 17.7. The molecule has 2 aromatic rings. The Hall–Kier alpha value is -1.89. The van der Waals surface area contributed by atoms with E-state index in [1.807, 2.05) is 31.2 Å². The number of hydrogen-bond acceptors (Lipinski definition) is 4. The van der Waals surface area contributed by atoms with Gasteiger partial charge in [-0.3, -0.25) is 9.69 Å². The van der Waals surface area contributed by atoms with Crippen LogP contribution in [-0.4, -0.2) is 66.4 Å². The van der Waals surface area contributed by atoms with E-state index in [2.05, 4.69) is 15.2 Å². The summed E-state index contributed by atoms with van der Waals surface area (Å²) in [5.74, 6) is -0.0659. The van der Waals surface area contributed by atoms with Crippen molar-refractivity contribution in [3.05, 3.63) is 35.5 Å². The summed E-state index contributed by atoms with van der Waals surface area (Å²) < 4.78 is 5.29. The lowest BCUT2D eigenvalue weighted by molar-refractivity contribution is -0.121. The summed E-state index contributed by atoms with van der Waals surface area (Å²) in [7, 11) is 0. The number of aromatic nitrogens is 1. The van der Waals surface area contributed by atoms with E-state index in [9.17, 15) is 9.90 Å². The van der Waals surface area contributed by atoms with Crippen LogP contribution >= 0.6 is 0 Å². The molecule has 0 saturated carbocycles. The van der Waals surface area contributed by atoms with E-state index in [-0.39, 0.29) is 12.5 Å². The predicted octanol–water partition coefficient (Wildman–Crippen LogP) is 0.828. The van der Waals surface area contributed by atoms with Crippen LogP contribution in [0.3, 0.4) is 0 Å². The molecule has 1 saturated heterocycles. The number of morpholine rings is 1. The fourth-order valence-corrected chi connectivity index (χ4v) is 3.16. The van der Waals surface area contributed by atoms with Crippen molar-refractivity contribution in [2.45, 2.75) is 19.4 Å². The van der Waals surface area contributed by atoms with Crippen LogP contribution in [0.4, 0.5) is 0 Å². The van der Waals surface area contributed by atoms with Crippen LogP contribution < -0.4 is 5.32 Å². The molecule has 0 spiro atoms. The third kappa shape index (κ3) is 4.14. The molecule has 3 N–H and O–H groups in total. The van der Waals surface area contributed by atoms with Crippen LogP contribution in [0.15, 0.2) is 24.3 Å². The average molecular weight is 331 g/mol. The molecule has 3 rings (SSSR count). The largest absolute Gasteiger partial charge is 0.390 e. The molecule has 0 radical (unpaired) electrons. The van der Waals surface area contributed by atoms with Gasteiger partial charge in [-0.05, 0) is 18.6 Å². The van der Waals surface area contributed by atoms with E-state index < -0.39 is 6.10 Å². The molecule has 0 aliphatic carbocycles. The number of aliphatic hydroxyl groups excluding tert-OH is 1. The highest BCUT2D eigenvalue weighted by Gasteiger charge is 2.16. The van der Waals surface area contributed by atoms with E-state index in [1.165, 1.54) is 0 Å². The number of para-hydroxylation sites is 1. The topological polar surface area (TPSA) is 77.6 Å². The van der Waals surface area contributed by atoms with Crippen LogP contribution in [0.25, 0.3) is 10.9 Å². The number of β-amino-alcohol motifs (C(OH)–C–C–N with tert-alkyl or cyclic N) is 1. The van der Waals surface area contributed by atoms with Crippen molar-refractivity contribution in [3.63, 3.8) is 0 Å². The molecule has 6 nitrogen and oxygen atoms in total. The van der Waals surface area contributed by atoms with Crippen LogP contribution in [0.5, 0.6) is 0 Å². The molecule has 24 heavy (non-hydrogen) atoms. The van der Waals surface area contributed by atoms with E-state index >= 15 is 0 Å². The first-order chi connectivity index (χ1) is 11.6. The normalized spacial score (nSPS) is 17.1. The zero-order valence-corrected chi connectivity index (χ0v) is 14.0. The Morgan fingerprint density at radius 2 is 2.12 bits per heavy atom. The fraction of sp³-hybridized carbons (Fsp3) is 0.500. The van der Waals surface area contributed by atoms with Gasteiger partial charge in [0.1, 0.15) is 0 Å². The molecule has 1 amide bonds. The lowest BCUT2D eigenvalue weighted by Gasteiger charge is -2.28. The number of carbonyl (C=O) groups excluding carboxylic acids is 1. The number of ether oxygens (including phenoxy) is 1. The van der Waals surface area contributed by atoms with Crippen molar-refractivity contribution in [1.82, 2.24) is 15.2 Å². The zero-order valence-electron chi connectivity index (χ0n) is 14.0. The van der Waals surface area contributed by atoms with Crippen molar-refractivity contribution in [2.75, 3.05) is 39.4 Å². The van der Waals surface area contributed by atoms with Crippen LogP contribution in [-0.2, 0) is 16.0 Å². The monoisotopic (exact) mass is 331 g/mol. The van der Waals surface area contributed by atoms with Gasteiger partial charge in [-0.25, -0.2) is 0 Å². The summed E-state index contributed by atoms with van der Waals surface area (Å²) in [6, 6.07) is 7.98. The van der Waals surface area contributed by atoms with Gasteiger partial charge in [0.05, 0.1) is 25.7 Å². The molecule has 130 valence electrons. The van der Waals surface area contributed by atoms with Crippen LogP contribution in [0, 0.1) is 6.92 Å². The van der Waals surface area contributed by atoms with E-state index in [4.69, 9.17) is 4.74 Å². The van der Waals surface area contributed by atoms with Gasteiger partial charge in [-0.15, -0.1) is 0 Å². The summed E-state index contributed by atoms with van der Waals surface area (Å²) in [5, 5.41) is 14.0. The summed E-state index contributed by atoms with van der Waals surface area (Å²) in [6.45, 7) is 5.90. The minimum atomic E-state index is -0.559. The Labute approximate surface area is 141 Å².